The first kappa shape index (κ1) is 130. The Balaban J connectivity index is 3.11. The van der Waals surface area contributed by atoms with E-state index in [1.165, 1.54) is 6.26 Å². The van der Waals surface area contributed by atoms with Crippen LogP contribution in [0.5, 0.6) is 0 Å². The Labute approximate surface area is 788 Å². The number of rotatable bonds is 128. The van der Waals surface area contributed by atoms with Crippen LogP contribution in [-0.2, 0) is 204 Å². The molecule has 0 saturated heterocycles. The minimum Gasteiger partial charge on any atom is -0.496 e. The fourth-order valence-electron chi connectivity index (χ4n) is 9.54. The van der Waals surface area contributed by atoms with Crippen LogP contribution in [0.3, 0.4) is 0 Å². The molecule has 43 nitrogen and oxygen atoms in total. The lowest BCUT2D eigenvalue weighted by Crippen LogP contribution is -2.19. The normalized spacial score (nSPS) is 12.0. The summed E-state index contributed by atoms with van der Waals surface area (Å²) in [6.07, 6.45) is 2.34. The van der Waals surface area contributed by atoms with Crippen molar-refractivity contribution in [2.75, 3.05) is 555 Å². The molecule has 0 aromatic carbocycles. The number of ether oxygens (including phenoxy) is 43. The van der Waals surface area contributed by atoms with Crippen LogP contribution in [0.1, 0.15) is 13.3 Å². The second-order valence-corrected chi connectivity index (χ2v) is 26.9. The highest BCUT2D eigenvalue weighted by atomic mass is 16.7. The smallest absolute Gasteiger partial charge is 0.121 e. The second-order valence-electron chi connectivity index (χ2n) is 26.9. The summed E-state index contributed by atoms with van der Waals surface area (Å²) in [6, 6.07) is 0. The maximum atomic E-state index is 5.55. The van der Waals surface area contributed by atoms with Crippen LogP contribution in [0.15, 0.2) is 12.8 Å². The van der Waals surface area contributed by atoms with Gasteiger partial charge in [0.1, 0.15) is 6.10 Å². The molecule has 0 heterocycles. The van der Waals surface area contributed by atoms with Crippen molar-refractivity contribution in [3.8, 4) is 0 Å². The van der Waals surface area contributed by atoms with Gasteiger partial charge in [0.25, 0.3) is 0 Å². The van der Waals surface area contributed by atoms with Crippen molar-refractivity contribution in [3.63, 3.8) is 0 Å². The fraction of sp³-hybridized carbons (Fsp3) is 0.978. The molecule has 0 aromatic heterocycles. The van der Waals surface area contributed by atoms with Gasteiger partial charge in [-0.2, -0.15) is 0 Å². The molecule has 0 bridgehead atoms. The van der Waals surface area contributed by atoms with Crippen LogP contribution in [0.2, 0.25) is 0 Å². The predicted octanol–water partition coefficient (Wildman–Crippen LogP) is 2.25. The van der Waals surface area contributed by atoms with E-state index in [0.717, 1.165) is 6.42 Å². The predicted molar refractivity (Wildman–Crippen MR) is 481 cm³/mol. The van der Waals surface area contributed by atoms with Gasteiger partial charge in [0, 0.05) is 7.11 Å². The first-order valence-corrected chi connectivity index (χ1v) is 47.3. The van der Waals surface area contributed by atoms with Gasteiger partial charge in [0.2, 0.25) is 0 Å². The summed E-state index contributed by atoms with van der Waals surface area (Å²) in [6.45, 7) is 46.0. The zero-order valence-corrected chi connectivity index (χ0v) is 80.8. The molecule has 0 amide bonds. The molecule has 43 heteroatoms. The molecule has 1 atom stereocenters. The largest absolute Gasteiger partial charge is 0.496 e. The van der Waals surface area contributed by atoms with Crippen LogP contribution in [0, 0.1) is 0 Å². The van der Waals surface area contributed by atoms with Gasteiger partial charge in [-0.25, -0.2) is 0 Å². The van der Waals surface area contributed by atoms with Crippen LogP contribution in [-0.4, -0.2) is 562 Å². The van der Waals surface area contributed by atoms with Crippen molar-refractivity contribution >= 4 is 0 Å². The molecule has 0 saturated carbocycles. The van der Waals surface area contributed by atoms with Gasteiger partial charge in [-0.05, 0) is 6.42 Å². The topological polar surface area (TPSA) is 397 Å². The number of hydrogen-bond donors (Lipinski definition) is 0. The molecule has 0 spiro atoms. The summed E-state index contributed by atoms with van der Waals surface area (Å²) in [7, 11) is 1.64. The summed E-state index contributed by atoms with van der Waals surface area (Å²) in [5.74, 6) is 0. The van der Waals surface area contributed by atoms with Crippen molar-refractivity contribution < 1.29 is 204 Å². The third-order valence-corrected chi connectivity index (χ3v) is 16.4. The van der Waals surface area contributed by atoms with E-state index in [1.54, 1.807) is 7.11 Å². The van der Waals surface area contributed by atoms with E-state index < -0.39 is 0 Å². The van der Waals surface area contributed by atoms with Crippen molar-refractivity contribution in [2.45, 2.75) is 19.4 Å². The zero-order valence-electron chi connectivity index (χ0n) is 80.8. The standard InChI is InChI=1S/C89H178O43/c1-4-89(132-5-2)88-131-87-86-130-85-84-129-83-82-128-81-80-127-79-78-126-77-76-125-75-74-124-73-72-123-71-70-122-69-68-121-67-66-120-65-64-119-63-62-118-61-60-117-59-58-116-57-56-115-55-54-114-53-52-113-51-50-112-49-48-111-47-46-110-45-44-109-43-42-108-41-40-107-39-38-106-37-36-105-35-34-104-33-32-103-31-30-102-29-28-101-27-26-100-25-24-99-23-22-98-21-20-97-19-18-96-17-16-95-15-14-94-13-12-93-11-10-92-9-8-91-7-6-90-3/h5,89H,2,4,6-88H2,1,3H3. The molecule has 0 aliphatic heterocycles. The van der Waals surface area contributed by atoms with Crippen molar-refractivity contribution in [3.05, 3.63) is 12.8 Å². The molecule has 792 valence electrons. The Morgan fingerprint density at radius 2 is 0.205 bits per heavy atom. The molecule has 0 rings (SSSR count). The summed E-state index contributed by atoms with van der Waals surface area (Å²) in [5.41, 5.74) is 0. The number of hydrogen-bond acceptors (Lipinski definition) is 43. The Bertz CT molecular complexity index is 1870. The monoisotopic (exact) mass is 1940 g/mol. The van der Waals surface area contributed by atoms with Crippen molar-refractivity contribution in [2.24, 2.45) is 0 Å². The lowest BCUT2D eigenvalue weighted by Gasteiger charge is -2.14. The van der Waals surface area contributed by atoms with Gasteiger partial charge in [-0.1, -0.05) is 13.5 Å². The summed E-state index contributed by atoms with van der Waals surface area (Å²) < 4.78 is 237. The Hall–Kier alpha value is -2.14. The van der Waals surface area contributed by atoms with Gasteiger partial charge < -0.3 is 204 Å². The van der Waals surface area contributed by atoms with E-state index in [1.807, 2.05) is 6.92 Å². The second kappa shape index (κ2) is 127. The van der Waals surface area contributed by atoms with Gasteiger partial charge in [0.05, 0.1) is 555 Å². The minimum atomic E-state index is 0.0312. The van der Waals surface area contributed by atoms with Gasteiger partial charge in [-0.15, -0.1) is 0 Å². The third kappa shape index (κ3) is 124. The molecule has 132 heavy (non-hydrogen) atoms. The molecule has 0 fully saturated rings. The summed E-state index contributed by atoms with van der Waals surface area (Å²) in [5, 5.41) is 0. The van der Waals surface area contributed by atoms with Gasteiger partial charge in [0.15, 0.2) is 0 Å². The molecular formula is C89H178O43. The average molecular weight is 1940 g/mol. The molecule has 0 aromatic rings. The van der Waals surface area contributed by atoms with Crippen LogP contribution >= 0.6 is 0 Å². The number of methoxy groups -OCH3 is 1. The molecule has 0 aliphatic carbocycles. The zero-order chi connectivity index (χ0) is 94.1. The van der Waals surface area contributed by atoms with E-state index in [4.69, 9.17) is 204 Å². The quantitative estimate of drug-likeness (QED) is 0.0622. The van der Waals surface area contributed by atoms with Gasteiger partial charge in [-0.3, -0.25) is 0 Å². The van der Waals surface area contributed by atoms with Gasteiger partial charge >= 0.3 is 0 Å². The highest BCUT2D eigenvalue weighted by molar-refractivity contribution is 4.60. The Kier molecular flexibility index (Phi) is 125. The molecule has 0 N–H and O–H groups in total. The Morgan fingerprint density at radius 1 is 0.129 bits per heavy atom. The van der Waals surface area contributed by atoms with Crippen LogP contribution < -0.4 is 0 Å². The maximum Gasteiger partial charge on any atom is 0.121 e. The van der Waals surface area contributed by atoms with Crippen molar-refractivity contribution in [1.29, 1.82) is 0 Å². The lowest BCUT2D eigenvalue weighted by atomic mass is 10.3. The van der Waals surface area contributed by atoms with E-state index in [9.17, 15) is 0 Å². The highest BCUT2D eigenvalue weighted by Gasteiger charge is 2.08. The molecule has 0 radical (unpaired) electrons. The maximum absolute atomic E-state index is 5.55. The van der Waals surface area contributed by atoms with E-state index in [0.29, 0.717) is 548 Å². The SMILES string of the molecule is C=COC(CC)COCCOCCOCCOCCOCCOCCOCCOCCOCCOCCOCCOCCOCCOCCOCCOCCOCCOCCOCCOCCOCCOCCOCCOCCOCCOCCOCCOCCOCCOCCOCCOCCOCCOCCOCCOCCOCCOCCOCCOCCOCCOC. The lowest BCUT2D eigenvalue weighted by molar-refractivity contribution is -0.0330. The molecule has 0 aliphatic rings. The molecule has 1 unspecified atom stereocenters. The average Bonchev–Trinajstić information content (AvgIpc) is 1.02. The minimum absolute atomic E-state index is 0.0312. The van der Waals surface area contributed by atoms with E-state index in [-0.39, 0.29) is 6.10 Å². The summed E-state index contributed by atoms with van der Waals surface area (Å²) in [4.78, 5) is 0. The molecular weight excluding hydrogens is 1760 g/mol. The van der Waals surface area contributed by atoms with E-state index in [2.05, 4.69) is 6.58 Å². The highest BCUT2D eigenvalue weighted by Crippen LogP contribution is 2.01. The summed E-state index contributed by atoms with van der Waals surface area (Å²) >= 11 is 0. The van der Waals surface area contributed by atoms with Crippen LogP contribution in [0.25, 0.3) is 0 Å². The van der Waals surface area contributed by atoms with E-state index >= 15 is 0 Å². The van der Waals surface area contributed by atoms with Crippen LogP contribution in [0.4, 0.5) is 0 Å². The first-order valence-electron chi connectivity index (χ1n) is 47.3. The fourth-order valence-corrected chi connectivity index (χ4v) is 9.54. The third-order valence-electron chi connectivity index (χ3n) is 16.4. The first-order chi connectivity index (χ1) is 65.8. The van der Waals surface area contributed by atoms with Crippen molar-refractivity contribution in [1.82, 2.24) is 0 Å². The Morgan fingerprint density at radius 3 is 0.273 bits per heavy atom.